The first-order valence-electron chi connectivity index (χ1n) is 5.68. The third-order valence-corrected chi connectivity index (χ3v) is 2.70. The number of nitrogens with two attached hydrogens (primary N) is 1. The van der Waals surface area contributed by atoms with Crippen LogP contribution in [0.15, 0.2) is 42.6 Å². The molecule has 0 saturated carbocycles. The lowest BCUT2D eigenvalue weighted by molar-refractivity contribution is 0.875. The molecule has 0 aliphatic heterocycles. The number of benzene rings is 1. The minimum atomic E-state index is 0.105. The standard InChI is InChI=1S/C14H14N4/c1-10(12-5-3-2-4-6-12)18-14-13(16)7-11(8-15)9-17-14/h2-7,9-10H,16H2,1H3,(H,17,18). The zero-order valence-electron chi connectivity index (χ0n) is 10.1. The molecule has 2 rings (SSSR count). The Hall–Kier alpha value is -2.54. The van der Waals surface area contributed by atoms with Crippen LogP contribution >= 0.6 is 0 Å². The van der Waals surface area contributed by atoms with Crippen molar-refractivity contribution >= 4 is 11.5 Å². The summed E-state index contributed by atoms with van der Waals surface area (Å²) in [7, 11) is 0. The van der Waals surface area contributed by atoms with E-state index in [-0.39, 0.29) is 6.04 Å². The Morgan fingerprint density at radius 3 is 2.67 bits per heavy atom. The summed E-state index contributed by atoms with van der Waals surface area (Å²) in [6.07, 6.45) is 1.51. The van der Waals surface area contributed by atoms with Crippen LogP contribution in [-0.4, -0.2) is 4.98 Å². The predicted molar refractivity (Wildman–Crippen MR) is 71.8 cm³/mol. The van der Waals surface area contributed by atoms with Crippen LogP contribution in [0.1, 0.15) is 24.1 Å². The molecule has 4 heteroatoms. The van der Waals surface area contributed by atoms with Crippen molar-refractivity contribution in [2.24, 2.45) is 0 Å². The van der Waals surface area contributed by atoms with E-state index in [1.807, 2.05) is 43.3 Å². The Balaban J connectivity index is 2.18. The number of nitriles is 1. The van der Waals surface area contributed by atoms with Gasteiger partial charge in [-0.3, -0.25) is 0 Å². The quantitative estimate of drug-likeness (QED) is 0.862. The van der Waals surface area contributed by atoms with E-state index in [9.17, 15) is 0 Å². The lowest BCUT2D eigenvalue weighted by Gasteiger charge is -2.16. The van der Waals surface area contributed by atoms with Crippen LogP contribution in [0.2, 0.25) is 0 Å². The van der Waals surface area contributed by atoms with Crippen LogP contribution < -0.4 is 11.1 Å². The summed E-state index contributed by atoms with van der Waals surface area (Å²) in [4.78, 5) is 4.16. The van der Waals surface area contributed by atoms with Gasteiger partial charge in [0.1, 0.15) is 11.9 Å². The van der Waals surface area contributed by atoms with E-state index in [1.54, 1.807) is 6.07 Å². The van der Waals surface area contributed by atoms with Gasteiger partial charge in [0.05, 0.1) is 17.3 Å². The molecule has 0 saturated heterocycles. The monoisotopic (exact) mass is 238 g/mol. The Labute approximate surface area is 106 Å². The number of anilines is 2. The molecule has 0 amide bonds. The van der Waals surface area contributed by atoms with E-state index in [0.29, 0.717) is 17.1 Å². The minimum absolute atomic E-state index is 0.105. The fourth-order valence-corrected chi connectivity index (χ4v) is 1.69. The van der Waals surface area contributed by atoms with Gasteiger partial charge in [-0.1, -0.05) is 30.3 Å². The van der Waals surface area contributed by atoms with E-state index in [0.717, 1.165) is 5.56 Å². The number of pyridine rings is 1. The normalized spacial score (nSPS) is 11.6. The first kappa shape index (κ1) is 11.9. The Kier molecular flexibility index (Phi) is 3.44. The van der Waals surface area contributed by atoms with Crippen LogP contribution in [0.3, 0.4) is 0 Å². The van der Waals surface area contributed by atoms with Crippen molar-refractivity contribution in [1.29, 1.82) is 5.26 Å². The van der Waals surface area contributed by atoms with Crippen LogP contribution in [0, 0.1) is 11.3 Å². The highest BCUT2D eigenvalue weighted by atomic mass is 15.0. The molecule has 1 unspecified atom stereocenters. The average Bonchev–Trinajstić information content (AvgIpc) is 2.42. The SMILES string of the molecule is CC(Nc1ncc(C#N)cc1N)c1ccccc1. The highest BCUT2D eigenvalue weighted by Crippen LogP contribution is 2.22. The molecule has 0 aliphatic rings. The third-order valence-electron chi connectivity index (χ3n) is 2.70. The second-order valence-corrected chi connectivity index (χ2v) is 4.05. The van der Waals surface area contributed by atoms with Crippen molar-refractivity contribution in [3.8, 4) is 6.07 Å². The molecule has 1 atom stereocenters. The zero-order chi connectivity index (χ0) is 13.0. The lowest BCUT2D eigenvalue weighted by atomic mass is 10.1. The average molecular weight is 238 g/mol. The Bertz CT molecular complexity index is 572. The van der Waals surface area contributed by atoms with Gasteiger partial charge in [0.25, 0.3) is 0 Å². The van der Waals surface area contributed by atoms with Gasteiger partial charge in [0, 0.05) is 6.20 Å². The second kappa shape index (κ2) is 5.19. The van der Waals surface area contributed by atoms with Gasteiger partial charge in [-0.25, -0.2) is 4.98 Å². The van der Waals surface area contributed by atoms with Crippen LogP contribution in [0.25, 0.3) is 0 Å². The summed E-state index contributed by atoms with van der Waals surface area (Å²) in [6, 6.07) is 13.8. The van der Waals surface area contributed by atoms with Crippen LogP contribution in [0.4, 0.5) is 11.5 Å². The summed E-state index contributed by atoms with van der Waals surface area (Å²) < 4.78 is 0. The second-order valence-electron chi connectivity index (χ2n) is 4.05. The van der Waals surface area contributed by atoms with Crippen LogP contribution in [0.5, 0.6) is 0 Å². The molecule has 2 aromatic rings. The number of hydrogen-bond acceptors (Lipinski definition) is 4. The summed E-state index contributed by atoms with van der Waals surface area (Å²) in [5, 5.41) is 12.0. The first-order chi connectivity index (χ1) is 8.70. The van der Waals surface area contributed by atoms with Gasteiger partial charge in [0.15, 0.2) is 0 Å². The van der Waals surface area contributed by atoms with Gasteiger partial charge < -0.3 is 11.1 Å². The number of nitrogens with one attached hydrogen (secondary N) is 1. The van der Waals surface area contributed by atoms with Gasteiger partial charge >= 0.3 is 0 Å². The number of nitrogen functional groups attached to an aromatic ring is 1. The molecule has 18 heavy (non-hydrogen) atoms. The van der Waals surface area contributed by atoms with Gasteiger partial charge in [-0.05, 0) is 18.6 Å². The molecule has 0 radical (unpaired) electrons. The van der Waals surface area contributed by atoms with Gasteiger partial charge in [-0.15, -0.1) is 0 Å². The van der Waals surface area contributed by atoms with Gasteiger partial charge in [-0.2, -0.15) is 5.26 Å². The predicted octanol–water partition coefficient (Wildman–Crippen LogP) is 2.71. The molecular formula is C14H14N4. The van der Waals surface area contributed by atoms with Gasteiger partial charge in [0.2, 0.25) is 0 Å². The maximum Gasteiger partial charge on any atom is 0.149 e. The summed E-state index contributed by atoms with van der Waals surface area (Å²) in [5.74, 6) is 0.602. The molecule has 4 nitrogen and oxygen atoms in total. The van der Waals surface area contributed by atoms with Crippen LogP contribution in [-0.2, 0) is 0 Å². The lowest BCUT2D eigenvalue weighted by Crippen LogP contribution is -2.09. The largest absolute Gasteiger partial charge is 0.396 e. The molecule has 0 fully saturated rings. The zero-order valence-corrected chi connectivity index (χ0v) is 10.1. The molecule has 0 bridgehead atoms. The highest BCUT2D eigenvalue weighted by molar-refractivity contribution is 5.63. The Morgan fingerprint density at radius 2 is 2.06 bits per heavy atom. The minimum Gasteiger partial charge on any atom is -0.396 e. The fraction of sp³-hybridized carbons (Fsp3) is 0.143. The van der Waals surface area contributed by atoms with Crippen molar-refractivity contribution in [3.63, 3.8) is 0 Å². The smallest absolute Gasteiger partial charge is 0.149 e. The van der Waals surface area contributed by atoms with E-state index >= 15 is 0 Å². The molecule has 1 aromatic heterocycles. The van der Waals surface area contributed by atoms with Crippen molar-refractivity contribution in [1.82, 2.24) is 4.98 Å². The maximum atomic E-state index is 8.75. The first-order valence-corrected chi connectivity index (χ1v) is 5.68. The maximum absolute atomic E-state index is 8.75. The number of nitrogens with zero attached hydrogens (tertiary/aromatic N) is 2. The number of rotatable bonds is 3. The molecule has 90 valence electrons. The topological polar surface area (TPSA) is 74.7 Å². The van der Waals surface area contributed by atoms with Crippen molar-refractivity contribution < 1.29 is 0 Å². The summed E-state index contributed by atoms with van der Waals surface area (Å²) in [6.45, 7) is 2.04. The molecule has 3 N–H and O–H groups in total. The molecule has 1 heterocycles. The highest BCUT2D eigenvalue weighted by Gasteiger charge is 2.08. The van der Waals surface area contributed by atoms with Crippen molar-refractivity contribution in [2.45, 2.75) is 13.0 Å². The third kappa shape index (κ3) is 2.58. The van der Waals surface area contributed by atoms with E-state index < -0.39 is 0 Å². The van der Waals surface area contributed by atoms with Crippen molar-refractivity contribution in [2.75, 3.05) is 11.1 Å². The van der Waals surface area contributed by atoms with Crippen molar-refractivity contribution in [3.05, 3.63) is 53.7 Å². The van der Waals surface area contributed by atoms with E-state index in [2.05, 4.69) is 10.3 Å². The number of hydrogen-bond donors (Lipinski definition) is 2. The summed E-state index contributed by atoms with van der Waals surface area (Å²) in [5.41, 5.74) is 7.95. The summed E-state index contributed by atoms with van der Waals surface area (Å²) >= 11 is 0. The Morgan fingerprint density at radius 1 is 1.33 bits per heavy atom. The molecular weight excluding hydrogens is 224 g/mol. The molecule has 0 aliphatic carbocycles. The van der Waals surface area contributed by atoms with E-state index in [4.69, 9.17) is 11.0 Å². The molecule has 1 aromatic carbocycles. The number of aromatic nitrogens is 1. The fourth-order valence-electron chi connectivity index (χ4n) is 1.69. The van der Waals surface area contributed by atoms with E-state index in [1.165, 1.54) is 6.20 Å². The molecule has 0 spiro atoms.